The number of hydrogen-bond donors (Lipinski definition) is 3. The van der Waals surface area contributed by atoms with E-state index in [0.717, 1.165) is 44.9 Å². The van der Waals surface area contributed by atoms with Crippen LogP contribution in [0.4, 0.5) is 0 Å². The Labute approximate surface area is 474 Å². The summed E-state index contributed by atoms with van der Waals surface area (Å²) in [5.41, 5.74) is 0. The number of allylic oxidation sites excluding steroid dienone is 5. The van der Waals surface area contributed by atoms with Gasteiger partial charge in [-0.15, -0.1) is 0 Å². The molecule has 6 nitrogen and oxygen atoms in total. The minimum Gasteiger partial charge on any atom is -0.466 e. The van der Waals surface area contributed by atoms with Gasteiger partial charge in [0.05, 0.1) is 25.4 Å². The van der Waals surface area contributed by atoms with Gasteiger partial charge in [0, 0.05) is 12.8 Å². The lowest BCUT2D eigenvalue weighted by Crippen LogP contribution is -2.45. The normalized spacial score (nSPS) is 12.7. The number of aliphatic hydroxyl groups is 2. The van der Waals surface area contributed by atoms with Crippen LogP contribution >= 0.6 is 0 Å². The largest absolute Gasteiger partial charge is 0.466 e. The Bertz CT molecular complexity index is 1230. The van der Waals surface area contributed by atoms with E-state index < -0.39 is 12.1 Å². The Balaban J connectivity index is 3.34. The van der Waals surface area contributed by atoms with Gasteiger partial charge in [-0.25, -0.2) is 0 Å². The first-order chi connectivity index (χ1) is 37.5. The van der Waals surface area contributed by atoms with Crippen molar-refractivity contribution in [2.24, 2.45) is 0 Å². The second kappa shape index (κ2) is 65.6. The van der Waals surface area contributed by atoms with Crippen LogP contribution in [0.25, 0.3) is 0 Å². The van der Waals surface area contributed by atoms with Crippen molar-refractivity contribution in [3.8, 4) is 0 Å². The molecule has 76 heavy (non-hydrogen) atoms. The average molecular weight is 1070 g/mol. The summed E-state index contributed by atoms with van der Waals surface area (Å²) in [6.45, 7) is 4.90. The Hall–Kier alpha value is -1.92. The standard InChI is InChI=1S/C70H133NO5/c1-3-5-7-9-11-13-15-16-36-40-44-48-52-56-60-64-70(75)76-65-61-57-53-49-45-41-38-35-33-31-29-27-25-23-21-19-17-18-20-22-24-26-28-30-32-34-37-39-43-47-51-55-59-63-69(74)71-67(66-72)68(73)62-58-54-50-46-42-14-12-10-8-6-4-2/h16,21,23,36,58,62,67-68,72-73H,3-15,17-20,22,24-35,37-57,59-61,63-66H2,1-2H3,(H,71,74)/b23-21-,36-16-,62-58+. The minimum atomic E-state index is -0.841. The molecule has 3 N–H and O–H groups in total. The number of aliphatic hydroxyl groups excluding tert-OH is 2. The molecule has 0 aliphatic rings. The van der Waals surface area contributed by atoms with Crippen molar-refractivity contribution < 1.29 is 24.5 Å². The van der Waals surface area contributed by atoms with E-state index in [0.29, 0.717) is 19.4 Å². The van der Waals surface area contributed by atoms with Gasteiger partial charge in [-0.3, -0.25) is 9.59 Å². The summed E-state index contributed by atoms with van der Waals surface area (Å²) in [7, 11) is 0. The number of nitrogens with one attached hydrogen (secondary N) is 1. The third kappa shape index (κ3) is 61.3. The first-order valence-corrected chi connectivity index (χ1v) is 34.3. The zero-order valence-corrected chi connectivity index (χ0v) is 51.3. The fourth-order valence-electron chi connectivity index (χ4n) is 10.6. The summed E-state index contributed by atoms with van der Waals surface area (Å²) in [5, 5.41) is 23.0. The smallest absolute Gasteiger partial charge is 0.305 e. The SMILES string of the molecule is CCCCCCCC/C=C\CCCCCCCC(=O)OCCCCCCCCCCCCCC/C=C\CCCCCCCCCCCCCCCCCCCC(=O)NC(CO)C(O)/C=C/CCCCCCCCCCC. The van der Waals surface area contributed by atoms with Crippen molar-refractivity contribution in [3.63, 3.8) is 0 Å². The Kier molecular flexibility index (Phi) is 63.9. The van der Waals surface area contributed by atoms with E-state index in [1.807, 2.05) is 6.08 Å². The molecule has 0 heterocycles. The molecule has 0 fully saturated rings. The van der Waals surface area contributed by atoms with E-state index in [9.17, 15) is 19.8 Å². The van der Waals surface area contributed by atoms with Crippen LogP contribution in [0.5, 0.6) is 0 Å². The van der Waals surface area contributed by atoms with Crippen LogP contribution in [-0.4, -0.2) is 47.4 Å². The Morgan fingerprint density at radius 2 is 0.618 bits per heavy atom. The molecule has 0 aliphatic carbocycles. The lowest BCUT2D eigenvalue weighted by Gasteiger charge is -2.20. The third-order valence-corrected chi connectivity index (χ3v) is 15.9. The second-order valence-electron chi connectivity index (χ2n) is 23.5. The van der Waals surface area contributed by atoms with E-state index in [4.69, 9.17) is 4.74 Å². The minimum absolute atomic E-state index is 0.0106. The number of hydrogen-bond acceptors (Lipinski definition) is 5. The first-order valence-electron chi connectivity index (χ1n) is 34.3. The van der Waals surface area contributed by atoms with Crippen molar-refractivity contribution in [2.45, 2.75) is 386 Å². The maximum Gasteiger partial charge on any atom is 0.305 e. The molecule has 0 spiro atoms. The summed E-state index contributed by atoms with van der Waals surface area (Å²) in [6, 6.07) is -0.624. The van der Waals surface area contributed by atoms with Crippen molar-refractivity contribution in [2.75, 3.05) is 13.2 Å². The van der Waals surface area contributed by atoms with Crippen LogP contribution in [0.2, 0.25) is 0 Å². The zero-order chi connectivity index (χ0) is 55.0. The van der Waals surface area contributed by atoms with Crippen molar-refractivity contribution >= 4 is 11.9 Å². The van der Waals surface area contributed by atoms with E-state index in [1.165, 1.54) is 302 Å². The van der Waals surface area contributed by atoms with Crippen LogP contribution in [0.15, 0.2) is 36.5 Å². The van der Waals surface area contributed by atoms with Crippen LogP contribution in [0.3, 0.4) is 0 Å². The molecule has 1 amide bonds. The van der Waals surface area contributed by atoms with Gasteiger partial charge in [-0.2, -0.15) is 0 Å². The van der Waals surface area contributed by atoms with Crippen LogP contribution in [0.1, 0.15) is 373 Å². The molecule has 0 aliphatic heterocycles. The van der Waals surface area contributed by atoms with Crippen molar-refractivity contribution in [1.82, 2.24) is 5.32 Å². The lowest BCUT2D eigenvalue weighted by atomic mass is 10.0. The van der Waals surface area contributed by atoms with Gasteiger partial charge in [0.1, 0.15) is 0 Å². The predicted molar refractivity (Wildman–Crippen MR) is 333 cm³/mol. The Morgan fingerprint density at radius 1 is 0.355 bits per heavy atom. The summed E-state index contributed by atoms with van der Waals surface area (Å²) in [5.74, 6) is -0.0544. The van der Waals surface area contributed by atoms with Crippen LogP contribution < -0.4 is 5.32 Å². The number of amides is 1. The van der Waals surface area contributed by atoms with Crippen molar-refractivity contribution in [1.29, 1.82) is 0 Å². The molecule has 448 valence electrons. The highest BCUT2D eigenvalue weighted by atomic mass is 16.5. The number of rotatable bonds is 64. The van der Waals surface area contributed by atoms with Gasteiger partial charge in [-0.05, 0) is 83.5 Å². The average Bonchev–Trinajstić information content (AvgIpc) is 3.42. The Morgan fingerprint density at radius 3 is 0.934 bits per heavy atom. The van der Waals surface area contributed by atoms with E-state index in [2.05, 4.69) is 43.5 Å². The fraction of sp³-hybridized carbons (Fsp3) is 0.886. The molecule has 0 aromatic rings. The number of unbranched alkanes of at least 4 members (excludes halogenated alkanes) is 49. The monoisotopic (exact) mass is 1070 g/mol. The first kappa shape index (κ1) is 74.1. The quantitative estimate of drug-likeness (QED) is 0.0320. The number of carbonyl (C=O) groups is 2. The highest BCUT2D eigenvalue weighted by molar-refractivity contribution is 5.76. The molecule has 0 bridgehead atoms. The van der Waals surface area contributed by atoms with Gasteiger partial charge in [0.2, 0.25) is 5.91 Å². The van der Waals surface area contributed by atoms with Gasteiger partial charge in [0.15, 0.2) is 0 Å². The highest BCUT2D eigenvalue weighted by Gasteiger charge is 2.18. The molecular formula is C70H133NO5. The van der Waals surface area contributed by atoms with Gasteiger partial charge in [0.25, 0.3) is 0 Å². The van der Waals surface area contributed by atoms with Gasteiger partial charge < -0.3 is 20.3 Å². The van der Waals surface area contributed by atoms with Crippen LogP contribution in [0, 0.1) is 0 Å². The molecule has 0 rings (SSSR count). The molecule has 6 heteroatoms. The number of carbonyl (C=O) groups excluding carboxylic acids is 2. The van der Waals surface area contributed by atoms with E-state index >= 15 is 0 Å². The summed E-state index contributed by atoms with van der Waals surface area (Å²) >= 11 is 0. The fourth-order valence-corrected chi connectivity index (χ4v) is 10.6. The maximum absolute atomic E-state index is 12.4. The molecule has 0 aromatic carbocycles. The summed E-state index contributed by atoms with van der Waals surface area (Å²) in [6.07, 6.45) is 83.7. The molecule has 0 saturated carbocycles. The van der Waals surface area contributed by atoms with Crippen LogP contribution in [-0.2, 0) is 14.3 Å². The highest BCUT2D eigenvalue weighted by Crippen LogP contribution is 2.18. The topological polar surface area (TPSA) is 95.9 Å². The molecular weight excluding hydrogens is 935 g/mol. The van der Waals surface area contributed by atoms with Gasteiger partial charge >= 0.3 is 5.97 Å². The molecule has 0 radical (unpaired) electrons. The zero-order valence-electron chi connectivity index (χ0n) is 51.3. The summed E-state index contributed by atoms with van der Waals surface area (Å²) in [4.78, 5) is 24.5. The predicted octanol–water partition coefficient (Wildman–Crippen LogP) is 21.9. The molecule has 0 aromatic heterocycles. The summed E-state index contributed by atoms with van der Waals surface area (Å²) < 4.78 is 5.49. The number of ether oxygens (including phenoxy) is 1. The van der Waals surface area contributed by atoms with Crippen molar-refractivity contribution in [3.05, 3.63) is 36.5 Å². The number of esters is 1. The van der Waals surface area contributed by atoms with E-state index in [-0.39, 0.29) is 18.5 Å². The maximum atomic E-state index is 12.4. The lowest BCUT2D eigenvalue weighted by molar-refractivity contribution is -0.143. The van der Waals surface area contributed by atoms with E-state index in [1.54, 1.807) is 6.08 Å². The third-order valence-electron chi connectivity index (χ3n) is 15.9. The van der Waals surface area contributed by atoms with Gasteiger partial charge in [-0.1, -0.05) is 314 Å². The molecule has 2 unspecified atom stereocenters. The molecule has 0 saturated heterocycles. The molecule has 2 atom stereocenters. The second-order valence-corrected chi connectivity index (χ2v) is 23.5.